The van der Waals surface area contributed by atoms with Gasteiger partial charge in [-0.25, -0.2) is 9.59 Å². The molecule has 0 atom stereocenters. The van der Waals surface area contributed by atoms with Crippen LogP contribution < -0.4 is 11.4 Å². The van der Waals surface area contributed by atoms with Crippen molar-refractivity contribution >= 4 is 0 Å². The van der Waals surface area contributed by atoms with E-state index < -0.39 is 0 Å². The number of tetrazole rings is 2. The first-order valence-electron chi connectivity index (χ1n) is 7.28. The number of aryl methyl sites for hydroxylation is 2. The highest BCUT2D eigenvalue weighted by Crippen LogP contribution is 2.32. The van der Waals surface area contributed by atoms with Gasteiger partial charge in [0.15, 0.2) is 0 Å². The molecule has 0 unspecified atom stereocenters. The zero-order valence-corrected chi connectivity index (χ0v) is 11.5. The van der Waals surface area contributed by atoms with Crippen molar-refractivity contribution < 1.29 is 0 Å². The summed E-state index contributed by atoms with van der Waals surface area (Å²) in [5, 5.41) is 15.5. The third-order valence-electron chi connectivity index (χ3n) is 3.85. The zero-order chi connectivity index (χ0) is 14.4. The Morgan fingerprint density at radius 2 is 1.19 bits per heavy atom. The van der Waals surface area contributed by atoms with Crippen LogP contribution >= 0.6 is 0 Å². The van der Waals surface area contributed by atoms with E-state index in [1.165, 1.54) is 18.7 Å². The second kappa shape index (κ2) is 4.64. The fourth-order valence-electron chi connectivity index (χ4n) is 2.32. The molecule has 0 amide bonds. The van der Waals surface area contributed by atoms with Gasteiger partial charge in [0.1, 0.15) is 0 Å². The van der Waals surface area contributed by atoms with Crippen LogP contribution in [0.5, 0.6) is 0 Å². The summed E-state index contributed by atoms with van der Waals surface area (Å²) in [5.74, 6) is 0. The molecule has 112 valence electrons. The summed E-state index contributed by atoms with van der Waals surface area (Å²) in [4.78, 5) is 23.9. The Morgan fingerprint density at radius 1 is 0.762 bits per heavy atom. The Hall–Kier alpha value is -2.26. The molecule has 2 fully saturated rings. The summed E-state index contributed by atoms with van der Waals surface area (Å²) in [6, 6.07) is 0.458. The average molecular weight is 292 g/mol. The minimum Gasteiger partial charge on any atom is -0.244 e. The molecule has 2 aliphatic carbocycles. The van der Waals surface area contributed by atoms with Gasteiger partial charge in [-0.3, -0.25) is 0 Å². The summed E-state index contributed by atoms with van der Waals surface area (Å²) in [7, 11) is 0. The molecule has 0 aliphatic heterocycles. The lowest BCUT2D eigenvalue weighted by molar-refractivity contribution is 0.470. The minimum atomic E-state index is -0.175. The van der Waals surface area contributed by atoms with E-state index in [1.54, 1.807) is 0 Å². The van der Waals surface area contributed by atoms with E-state index in [-0.39, 0.29) is 23.5 Å². The molecule has 10 heteroatoms. The van der Waals surface area contributed by atoms with Gasteiger partial charge < -0.3 is 0 Å². The van der Waals surface area contributed by atoms with Crippen molar-refractivity contribution in [1.29, 1.82) is 0 Å². The largest absolute Gasteiger partial charge is 0.363 e. The van der Waals surface area contributed by atoms with Gasteiger partial charge in [0.05, 0.1) is 25.2 Å². The second-order valence-corrected chi connectivity index (χ2v) is 5.67. The second-order valence-electron chi connectivity index (χ2n) is 5.67. The summed E-state index contributed by atoms with van der Waals surface area (Å²) in [5.41, 5.74) is -0.349. The number of aromatic nitrogens is 8. The summed E-state index contributed by atoms with van der Waals surface area (Å²) >= 11 is 0. The van der Waals surface area contributed by atoms with Crippen LogP contribution in [-0.2, 0) is 13.1 Å². The lowest BCUT2D eigenvalue weighted by Gasteiger charge is -1.98. The van der Waals surface area contributed by atoms with Crippen LogP contribution in [0.4, 0.5) is 0 Å². The Labute approximate surface area is 118 Å². The molecule has 0 spiro atoms. The molecule has 4 rings (SSSR count). The van der Waals surface area contributed by atoms with E-state index in [0.29, 0.717) is 19.5 Å². The number of rotatable bonds is 6. The van der Waals surface area contributed by atoms with Crippen molar-refractivity contribution in [2.45, 2.75) is 57.3 Å². The van der Waals surface area contributed by atoms with E-state index in [9.17, 15) is 9.59 Å². The first-order chi connectivity index (χ1) is 10.2. The molecular weight excluding hydrogens is 276 g/mol. The quantitative estimate of drug-likeness (QED) is 0.673. The van der Waals surface area contributed by atoms with Crippen LogP contribution in [0.3, 0.4) is 0 Å². The van der Waals surface area contributed by atoms with Crippen LogP contribution in [0.2, 0.25) is 0 Å². The standard InChI is InChI=1S/C11H16N8O2/c20-10-16(12-14-18(10)8-2-3-8)6-1-7-17-11(21)19(15-13-17)9-4-5-9/h8-9H,1-7H2. The molecule has 2 saturated carbocycles. The molecule has 21 heavy (non-hydrogen) atoms. The maximum absolute atomic E-state index is 12.0. The van der Waals surface area contributed by atoms with E-state index in [0.717, 1.165) is 25.7 Å². The summed E-state index contributed by atoms with van der Waals surface area (Å²) < 4.78 is 5.56. The fraction of sp³-hybridized carbons (Fsp3) is 0.818. The third kappa shape index (κ3) is 2.30. The van der Waals surface area contributed by atoms with Crippen molar-refractivity contribution in [3.63, 3.8) is 0 Å². The Balaban J connectivity index is 1.39. The van der Waals surface area contributed by atoms with Gasteiger partial charge in [-0.15, -0.1) is 0 Å². The molecule has 2 aliphatic rings. The van der Waals surface area contributed by atoms with Gasteiger partial charge in [-0.1, -0.05) is 0 Å². The molecule has 2 aromatic rings. The first-order valence-corrected chi connectivity index (χ1v) is 7.28. The van der Waals surface area contributed by atoms with Crippen molar-refractivity contribution in [3.05, 3.63) is 21.0 Å². The molecule has 10 nitrogen and oxygen atoms in total. The van der Waals surface area contributed by atoms with Crippen molar-refractivity contribution in [3.8, 4) is 0 Å². The van der Waals surface area contributed by atoms with Crippen LogP contribution in [0.15, 0.2) is 9.59 Å². The number of nitrogens with zero attached hydrogens (tertiary/aromatic N) is 8. The number of hydrogen-bond donors (Lipinski definition) is 0. The summed E-state index contributed by atoms with van der Waals surface area (Å²) in [6.45, 7) is 0.850. The fourth-order valence-corrected chi connectivity index (χ4v) is 2.32. The van der Waals surface area contributed by atoms with Crippen LogP contribution in [-0.4, -0.2) is 39.6 Å². The molecule has 0 N–H and O–H groups in total. The summed E-state index contributed by atoms with van der Waals surface area (Å²) in [6.07, 6.45) is 4.58. The van der Waals surface area contributed by atoms with Gasteiger partial charge in [0.2, 0.25) is 0 Å². The van der Waals surface area contributed by atoms with Gasteiger partial charge in [0, 0.05) is 0 Å². The zero-order valence-electron chi connectivity index (χ0n) is 11.5. The van der Waals surface area contributed by atoms with Crippen LogP contribution in [0.1, 0.15) is 44.2 Å². The Morgan fingerprint density at radius 3 is 1.57 bits per heavy atom. The molecule has 2 heterocycles. The molecule has 0 bridgehead atoms. The average Bonchev–Trinajstić information content (AvgIpc) is 3.39. The highest BCUT2D eigenvalue weighted by Gasteiger charge is 2.28. The smallest absolute Gasteiger partial charge is 0.244 e. The maximum atomic E-state index is 12.0. The Bertz CT molecular complexity index is 696. The highest BCUT2D eigenvalue weighted by molar-refractivity contribution is 4.81. The SMILES string of the molecule is O=c1n(CCCn2nnn(C3CC3)c2=O)nnn1C1CC1. The predicted octanol–water partition coefficient (Wildman–Crippen LogP) is -1.05. The molecular formula is C11H16N8O2. The van der Waals surface area contributed by atoms with Crippen LogP contribution in [0, 0.1) is 0 Å². The molecule has 0 saturated heterocycles. The number of hydrogen-bond acceptors (Lipinski definition) is 6. The lowest BCUT2D eigenvalue weighted by Crippen LogP contribution is -2.27. The van der Waals surface area contributed by atoms with E-state index in [1.807, 2.05) is 0 Å². The maximum Gasteiger partial charge on any atom is 0.363 e. The minimum absolute atomic E-state index is 0.175. The van der Waals surface area contributed by atoms with Gasteiger partial charge in [0.25, 0.3) is 0 Å². The third-order valence-corrected chi connectivity index (χ3v) is 3.85. The van der Waals surface area contributed by atoms with Crippen LogP contribution in [0.25, 0.3) is 0 Å². The lowest BCUT2D eigenvalue weighted by atomic mass is 10.4. The van der Waals surface area contributed by atoms with E-state index in [4.69, 9.17) is 0 Å². The van der Waals surface area contributed by atoms with Gasteiger partial charge >= 0.3 is 11.4 Å². The Kier molecular flexibility index (Phi) is 2.76. The molecule has 0 radical (unpaired) electrons. The molecule has 2 aromatic heterocycles. The van der Waals surface area contributed by atoms with Gasteiger partial charge in [-0.2, -0.15) is 18.7 Å². The van der Waals surface area contributed by atoms with Crippen molar-refractivity contribution in [1.82, 2.24) is 39.6 Å². The van der Waals surface area contributed by atoms with Gasteiger partial charge in [-0.05, 0) is 53.0 Å². The highest BCUT2D eigenvalue weighted by atomic mass is 16.2. The molecule has 0 aromatic carbocycles. The van der Waals surface area contributed by atoms with E-state index >= 15 is 0 Å². The monoisotopic (exact) mass is 292 g/mol. The van der Waals surface area contributed by atoms with E-state index in [2.05, 4.69) is 20.9 Å². The first kappa shape index (κ1) is 12.5. The van der Waals surface area contributed by atoms with Crippen molar-refractivity contribution in [2.75, 3.05) is 0 Å². The van der Waals surface area contributed by atoms with Crippen molar-refractivity contribution in [2.24, 2.45) is 0 Å². The topological polar surface area (TPSA) is 105 Å². The normalized spacial score (nSPS) is 18.3. The predicted molar refractivity (Wildman–Crippen MR) is 69.7 cm³/mol.